The topological polar surface area (TPSA) is 797 Å². The molecule has 0 fully saturated rings. The van der Waals surface area contributed by atoms with E-state index in [0.717, 1.165) is 0 Å². The third-order valence-electron chi connectivity index (χ3n) is 0. The van der Waals surface area contributed by atoms with Gasteiger partial charge in [-0.05, 0) is 0 Å². The maximum absolute atomic E-state index is 8.88. The minimum atomic E-state index is -4.64. The summed E-state index contributed by atoms with van der Waals surface area (Å²) in [5.74, 6) is 0. The van der Waals surface area contributed by atoms with Gasteiger partial charge in [-0.3, -0.25) is 0 Å². The van der Waals surface area contributed by atoms with E-state index in [0.29, 0.717) is 0 Å². The number of hydrogen-bond acceptors (Lipinski definition) is 40. The predicted molar refractivity (Wildman–Crippen MR) is 54.0 cm³/mol. The quantitative estimate of drug-likeness (QED) is 0.124. The second kappa shape index (κ2) is 91.7. The molecule has 0 aliphatic rings. The molecule has 0 spiro atoms. The molecular weight excluding hydrogens is 2920 g/mol. The third-order valence-corrected chi connectivity index (χ3v) is 0. The Balaban J connectivity index is -0.0000000220. The van der Waals surface area contributed by atoms with Crippen molar-refractivity contribution in [1.29, 1.82) is 0 Å². The summed E-state index contributed by atoms with van der Waals surface area (Å²) in [6, 6.07) is 0. The molecule has 56 heteroatoms. The van der Waals surface area contributed by atoms with Gasteiger partial charge in [0.25, 0.3) is 0 Å². The SMILES string of the molecule is N.N.N.O=P(O)(O)O.[O]=[W](=[O])=[O].[O]=[W](=[O])=[O].[O]=[W](=[O])=[O].[O]=[W](=[O])=[O].[O]=[W](=[O])=[O].[O]=[W](=[O])=[O].[O]=[W](=[O])=[O].[O]=[W](=[O])=[O].[O]=[W](=[O])=[O].[O]=[W](=[O])=[O].[O]=[W](=[O])=[O].[O]=[W](=[O])=[O]. The van der Waals surface area contributed by atoms with Gasteiger partial charge in [0.2, 0.25) is 0 Å². The fourth-order valence-electron chi connectivity index (χ4n) is 0. The van der Waals surface area contributed by atoms with Crippen molar-refractivity contribution >= 4 is 7.82 Å². The van der Waals surface area contributed by atoms with Gasteiger partial charge < -0.3 is 33.1 Å². The van der Waals surface area contributed by atoms with Gasteiger partial charge in [0, 0.05) is 0 Å². The summed E-state index contributed by atoms with van der Waals surface area (Å²) in [6.45, 7) is 0. The van der Waals surface area contributed by atoms with E-state index >= 15 is 0 Å². The Morgan fingerprint density at radius 3 is 0.179 bits per heavy atom. The van der Waals surface area contributed by atoms with Crippen molar-refractivity contribution in [3.05, 3.63) is 0 Å². The molecule has 0 aromatic rings. The van der Waals surface area contributed by atoms with E-state index in [9.17, 15) is 0 Å². The molecule has 56 heavy (non-hydrogen) atoms. The van der Waals surface area contributed by atoms with Crippen LogP contribution in [0.3, 0.4) is 0 Å². The van der Waals surface area contributed by atoms with Gasteiger partial charge in [0.1, 0.15) is 0 Å². The average molecular weight is 2930 g/mol. The van der Waals surface area contributed by atoms with E-state index in [2.05, 4.69) is 0 Å². The first-order valence-corrected chi connectivity index (χ1v) is 51.5. The van der Waals surface area contributed by atoms with Crippen LogP contribution >= 0.6 is 7.82 Å². The van der Waals surface area contributed by atoms with Crippen LogP contribution in [0.2, 0.25) is 0 Å². The van der Waals surface area contributed by atoms with Gasteiger partial charge >= 0.3 is 337 Å². The van der Waals surface area contributed by atoms with Gasteiger partial charge in [-0.1, -0.05) is 0 Å². The third kappa shape index (κ3) is 146000. The van der Waals surface area contributed by atoms with Crippen molar-refractivity contribution in [2.24, 2.45) is 0 Å². The van der Waals surface area contributed by atoms with Crippen molar-refractivity contribution < 1.29 is 348 Å². The minimum absolute atomic E-state index is 0. The Kier molecular flexibility index (Phi) is 174. The van der Waals surface area contributed by atoms with Gasteiger partial charge in [-0.15, -0.1) is 0 Å². The normalized spacial score (nSPS) is 6.20. The molecule has 0 saturated carbocycles. The van der Waals surface area contributed by atoms with E-state index in [4.69, 9.17) is 142 Å². The molecule has 43 nitrogen and oxygen atoms in total. The van der Waals surface area contributed by atoms with E-state index in [1.807, 2.05) is 0 Å². The second-order valence-electron chi connectivity index (χ2n) is 2.96. The Hall–Kier alpha value is 1.05. The van der Waals surface area contributed by atoms with Crippen LogP contribution in [0.5, 0.6) is 0 Å². The first kappa shape index (κ1) is 106. The maximum atomic E-state index is 8.88. The van der Waals surface area contributed by atoms with Gasteiger partial charge in [0.05, 0.1) is 0 Å². The molecule has 0 aliphatic heterocycles. The molecule has 344 valence electrons. The zero-order valence-corrected chi connectivity index (χ0v) is 60.0. The van der Waals surface area contributed by atoms with Crippen LogP contribution in [0.1, 0.15) is 0 Å². The molecule has 0 amide bonds. The van der Waals surface area contributed by atoms with Crippen LogP contribution in [0, 0.1) is 0 Å². The van der Waals surface area contributed by atoms with Crippen molar-refractivity contribution in [3.63, 3.8) is 0 Å². The number of hydrogen-bond donors (Lipinski definition) is 6. The summed E-state index contributed by atoms with van der Waals surface area (Å²) < 4.78 is 319. The summed E-state index contributed by atoms with van der Waals surface area (Å²) in [5, 5.41) is 0. The van der Waals surface area contributed by atoms with Crippen LogP contribution in [0.4, 0.5) is 0 Å². The van der Waals surface area contributed by atoms with Crippen molar-refractivity contribution in [2.45, 2.75) is 0 Å². The summed E-state index contributed by atoms with van der Waals surface area (Å²) in [7, 11) is -4.64. The Morgan fingerprint density at radius 1 is 0.179 bits per heavy atom. The average Bonchev–Trinajstić information content (AvgIpc) is 2.66. The molecule has 0 radical (unpaired) electrons. The standard InChI is InChI=1S/3H3N.H3O4P.36O.12W/c;;;1-5(2,3)4;;;;;;;;;;;;;;;;;;;;;;;;;;;;;;;;;;;;;;;;;;;;;;;;/h3*1H3;(H3,1,2,3,4);;;;;;;;;;;;;;;;;;;;;;;;;;;;;;;;;;;;;;;;;;;;;;;;. The molecule has 0 heterocycles. The first-order valence-electron chi connectivity index (χ1n) is 6.78. The van der Waals surface area contributed by atoms with Crippen molar-refractivity contribution in [3.8, 4) is 0 Å². The monoisotopic (exact) mass is 2930 g/mol. The molecule has 0 aliphatic carbocycles. The molecule has 0 aromatic heterocycles. The molecule has 0 bridgehead atoms. The number of phosphoric acid groups is 1. The Bertz CT molecular complexity index is 1700. The van der Waals surface area contributed by atoms with Crippen LogP contribution in [0.25, 0.3) is 0 Å². The van der Waals surface area contributed by atoms with Gasteiger partial charge in [-0.2, -0.15) is 0 Å². The Morgan fingerprint density at radius 2 is 0.179 bits per heavy atom. The van der Waals surface area contributed by atoms with Crippen molar-refractivity contribution in [1.82, 2.24) is 18.5 Å². The zero-order valence-electron chi connectivity index (χ0n) is 23.9. The van der Waals surface area contributed by atoms with Crippen LogP contribution < -0.4 is 18.5 Å². The van der Waals surface area contributed by atoms with Crippen molar-refractivity contribution in [2.75, 3.05) is 0 Å². The van der Waals surface area contributed by atoms with Crippen LogP contribution in [-0.2, 0) is 333 Å². The van der Waals surface area contributed by atoms with Crippen LogP contribution in [0.15, 0.2) is 0 Å². The fraction of sp³-hybridized carbons (Fsp3) is 0. The van der Waals surface area contributed by atoms with E-state index in [-0.39, 0.29) is 18.5 Å². The van der Waals surface area contributed by atoms with Gasteiger partial charge in [0.15, 0.2) is 0 Å². The summed E-state index contributed by atoms with van der Waals surface area (Å²) in [4.78, 5) is 21.6. The molecule has 0 rings (SSSR count). The summed E-state index contributed by atoms with van der Waals surface area (Å²) >= 11 is -51.3. The van der Waals surface area contributed by atoms with Gasteiger partial charge in [-0.25, -0.2) is 4.57 Å². The molecular formula is H12N3O40PW12. The zero-order chi connectivity index (χ0) is 47.4. The summed E-state index contributed by atoms with van der Waals surface area (Å²) in [5.41, 5.74) is 0. The molecule has 0 aromatic carbocycles. The predicted octanol–water partition coefficient (Wildman–Crippen LogP) is -4.75. The van der Waals surface area contributed by atoms with E-state index in [1.165, 1.54) is 0 Å². The Labute approximate surface area is 367 Å². The molecule has 0 saturated heterocycles. The van der Waals surface area contributed by atoms with E-state index in [1.54, 1.807) is 0 Å². The van der Waals surface area contributed by atoms with E-state index < -0.39 is 214 Å². The van der Waals surface area contributed by atoms with Crippen LogP contribution in [-0.4, -0.2) is 14.7 Å². The molecule has 0 unspecified atom stereocenters. The molecule has 12 N–H and O–H groups in total. The molecule has 0 atom stereocenters. The number of rotatable bonds is 0. The first-order chi connectivity index (χ1) is 22.8. The fourth-order valence-corrected chi connectivity index (χ4v) is 0. The summed E-state index contributed by atoms with van der Waals surface area (Å²) in [6.07, 6.45) is 0. The second-order valence-corrected chi connectivity index (χ2v) is 21.6.